The van der Waals surface area contributed by atoms with Crippen LogP contribution in [0.4, 0.5) is 4.39 Å². The minimum Gasteiger partial charge on any atom is -0.325 e. The second kappa shape index (κ2) is 5.27. The number of alkyl halides is 1. The lowest BCUT2D eigenvalue weighted by molar-refractivity contribution is 0.406. The van der Waals surface area contributed by atoms with Crippen LogP contribution in [0, 0.1) is 11.7 Å². The molecule has 1 aromatic carbocycles. The second-order valence-corrected chi connectivity index (χ2v) is 5.33. The molecule has 0 N–H and O–H groups in total. The first-order valence-corrected chi connectivity index (χ1v) is 6.80. The molecule has 0 saturated heterocycles. The molecule has 0 amide bonds. The molecule has 2 aromatic rings. The molecule has 0 spiro atoms. The van der Waals surface area contributed by atoms with E-state index in [0.29, 0.717) is 29.8 Å². The van der Waals surface area contributed by atoms with E-state index < -0.39 is 0 Å². The summed E-state index contributed by atoms with van der Waals surface area (Å²) in [7, 11) is 0. The van der Waals surface area contributed by atoms with Gasteiger partial charge in [-0.05, 0) is 25.0 Å². The summed E-state index contributed by atoms with van der Waals surface area (Å²) < 4.78 is 15.4. The Morgan fingerprint density at radius 3 is 2.67 bits per heavy atom. The highest BCUT2D eigenvalue weighted by Gasteiger charge is 2.18. The van der Waals surface area contributed by atoms with Gasteiger partial charge in [0.15, 0.2) is 0 Å². The van der Waals surface area contributed by atoms with Crippen molar-refractivity contribution in [3.8, 4) is 0 Å². The van der Waals surface area contributed by atoms with Gasteiger partial charge in [0.2, 0.25) is 0 Å². The molecule has 98 valence electrons. The van der Waals surface area contributed by atoms with Crippen molar-refractivity contribution in [2.75, 3.05) is 5.88 Å². The summed E-state index contributed by atoms with van der Waals surface area (Å²) in [5, 5.41) is 0. The average molecular weight is 269 g/mol. The van der Waals surface area contributed by atoms with E-state index in [-0.39, 0.29) is 5.82 Å². The average Bonchev–Trinajstić information content (AvgIpc) is 2.65. The number of halogens is 2. The molecule has 1 aromatic heterocycles. The highest BCUT2D eigenvalue weighted by Crippen LogP contribution is 2.26. The molecular weight excluding hydrogens is 251 g/mol. The number of rotatable bonds is 4. The standard InChI is InChI=1S/C14H18ClFN2/c1-9(2)10(3)18-13-5-4-11(16)8-12(13)17-14(18)6-7-15/h4-5,8-10H,6-7H2,1-3H3. The molecule has 1 atom stereocenters. The van der Waals surface area contributed by atoms with Gasteiger partial charge in [0.1, 0.15) is 11.6 Å². The zero-order valence-electron chi connectivity index (χ0n) is 11.0. The lowest BCUT2D eigenvalue weighted by Crippen LogP contribution is -2.14. The second-order valence-electron chi connectivity index (χ2n) is 4.95. The quantitative estimate of drug-likeness (QED) is 0.761. The van der Waals surface area contributed by atoms with Crippen molar-refractivity contribution in [1.82, 2.24) is 9.55 Å². The SMILES string of the molecule is CC(C)C(C)n1c(CCCl)nc2cc(F)ccc21. The van der Waals surface area contributed by atoms with Crippen LogP contribution in [-0.4, -0.2) is 15.4 Å². The van der Waals surface area contributed by atoms with Crippen molar-refractivity contribution in [3.63, 3.8) is 0 Å². The fraction of sp³-hybridized carbons (Fsp3) is 0.500. The van der Waals surface area contributed by atoms with Crippen LogP contribution in [0.15, 0.2) is 18.2 Å². The van der Waals surface area contributed by atoms with Gasteiger partial charge in [0, 0.05) is 24.4 Å². The van der Waals surface area contributed by atoms with Gasteiger partial charge in [0.05, 0.1) is 11.0 Å². The van der Waals surface area contributed by atoms with Gasteiger partial charge >= 0.3 is 0 Å². The van der Waals surface area contributed by atoms with E-state index in [1.165, 1.54) is 12.1 Å². The van der Waals surface area contributed by atoms with Crippen LogP contribution in [-0.2, 0) is 6.42 Å². The third kappa shape index (κ3) is 2.37. The highest BCUT2D eigenvalue weighted by molar-refractivity contribution is 6.17. The number of benzene rings is 1. The van der Waals surface area contributed by atoms with E-state index >= 15 is 0 Å². The summed E-state index contributed by atoms with van der Waals surface area (Å²) in [6.45, 7) is 6.50. The Balaban J connectivity index is 2.62. The normalized spacial score (nSPS) is 13.4. The Morgan fingerprint density at radius 2 is 2.06 bits per heavy atom. The van der Waals surface area contributed by atoms with Crippen molar-refractivity contribution in [2.24, 2.45) is 5.92 Å². The molecule has 1 unspecified atom stereocenters. The van der Waals surface area contributed by atoms with E-state index in [1.54, 1.807) is 6.07 Å². The first-order valence-electron chi connectivity index (χ1n) is 6.27. The van der Waals surface area contributed by atoms with Gasteiger partial charge in [-0.25, -0.2) is 9.37 Å². The van der Waals surface area contributed by atoms with E-state index in [4.69, 9.17) is 11.6 Å². The van der Waals surface area contributed by atoms with Gasteiger partial charge in [-0.15, -0.1) is 11.6 Å². The molecular formula is C14H18ClFN2. The Kier molecular flexibility index (Phi) is 3.91. The maximum atomic E-state index is 13.2. The topological polar surface area (TPSA) is 17.8 Å². The fourth-order valence-corrected chi connectivity index (χ4v) is 2.30. The van der Waals surface area contributed by atoms with Crippen LogP contribution < -0.4 is 0 Å². The van der Waals surface area contributed by atoms with Crippen LogP contribution in [0.1, 0.15) is 32.6 Å². The van der Waals surface area contributed by atoms with Crippen LogP contribution in [0.3, 0.4) is 0 Å². The number of aromatic nitrogens is 2. The first-order chi connectivity index (χ1) is 8.54. The Morgan fingerprint density at radius 1 is 1.33 bits per heavy atom. The van der Waals surface area contributed by atoms with E-state index in [9.17, 15) is 4.39 Å². The Hall–Kier alpha value is -1.09. The first kappa shape index (κ1) is 13.3. The smallest absolute Gasteiger partial charge is 0.125 e. The summed E-state index contributed by atoms with van der Waals surface area (Å²) in [4.78, 5) is 4.51. The summed E-state index contributed by atoms with van der Waals surface area (Å²) in [6.07, 6.45) is 0.703. The van der Waals surface area contributed by atoms with Crippen LogP contribution in [0.2, 0.25) is 0 Å². The molecule has 0 aliphatic heterocycles. The third-order valence-electron chi connectivity index (χ3n) is 3.41. The van der Waals surface area contributed by atoms with Crippen LogP contribution in [0.25, 0.3) is 11.0 Å². The predicted molar refractivity (Wildman–Crippen MR) is 73.7 cm³/mol. The van der Waals surface area contributed by atoms with Gasteiger partial charge in [-0.1, -0.05) is 13.8 Å². The van der Waals surface area contributed by atoms with Gasteiger partial charge in [0.25, 0.3) is 0 Å². The van der Waals surface area contributed by atoms with E-state index in [0.717, 1.165) is 11.3 Å². The largest absolute Gasteiger partial charge is 0.325 e. The van der Waals surface area contributed by atoms with Crippen molar-refractivity contribution >= 4 is 22.6 Å². The number of aryl methyl sites for hydroxylation is 1. The van der Waals surface area contributed by atoms with Crippen LogP contribution in [0.5, 0.6) is 0 Å². The minimum absolute atomic E-state index is 0.248. The molecule has 0 saturated carbocycles. The number of imidazole rings is 1. The van der Waals surface area contributed by atoms with Crippen LogP contribution >= 0.6 is 11.6 Å². The van der Waals surface area contributed by atoms with Crippen molar-refractivity contribution in [1.29, 1.82) is 0 Å². The summed E-state index contributed by atoms with van der Waals surface area (Å²) >= 11 is 5.82. The zero-order chi connectivity index (χ0) is 13.3. The van der Waals surface area contributed by atoms with E-state index in [1.807, 2.05) is 0 Å². The molecule has 4 heteroatoms. The predicted octanol–water partition coefficient (Wildman–Crippen LogP) is 4.17. The maximum absolute atomic E-state index is 13.2. The summed E-state index contributed by atoms with van der Waals surface area (Å²) in [5.74, 6) is 1.70. The number of nitrogens with zero attached hydrogens (tertiary/aromatic N) is 2. The molecule has 0 aliphatic carbocycles. The zero-order valence-corrected chi connectivity index (χ0v) is 11.7. The molecule has 0 aliphatic rings. The van der Waals surface area contributed by atoms with Gasteiger partial charge in [-0.2, -0.15) is 0 Å². The number of hydrogen-bond donors (Lipinski definition) is 0. The van der Waals surface area contributed by atoms with Gasteiger partial charge < -0.3 is 4.57 Å². The highest BCUT2D eigenvalue weighted by atomic mass is 35.5. The molecule has 0 fully saturated rings. The number of hydrogen-bond acceptors (Lipinski definition) is 1. The van der Waals surface area contributed by atoms with E-state index in [2.05, 4.69) is 30.3 Å². The van der Waals surface area contributed by atoms with Gasteiger partial charge in [-0.3, -0.25) is 0 Å². The molecule has 0 radical (unpaired) electrons. The maximum Gasteiger partial charge on any atom is 0.125 e. The molecule has 0 bridgehead atoms. The molecule has 2 rings (SSSR count). The number of fused-ring (bicyclic) bond motifs is 1. The lowest BCUT2D eigenvalue weighted by atomic mass is 10.1. The Bertz CT molecular complexity index is 548. The van der Waals surface area contributed by atoms with Crippen molar-refractivity contribution in [3.05, 3.63) is 29.8 Å². The fourth-order valence-electron chi connectivity index (χ4n) is 2.14. The molecule has 18 heavy (non-hydrogen) atoms. The lowest BCUT2D eigenvalue weighted by Gasteiger charge is -2.21. The van der Waals surface area contributed by atoms with Crippen molar-refractivity contribution in [2.45, 2.75) is 33.2 Å². The Labute approximate surface area is 112 Å². The monoisotopic (exact) mass is 268 g/mol. The molecule has 2 nitrogen and oxygen atoms in total. The minimum atomic E-state index is -0.248. The summed E-state index contributed by atoms with van der Waals surface area (Å²) in [5.41, 5.74) is 1.69. The molecule has 1 heterocycles. The summed E-state index contributed by atoms with van der Waals surface area (Å²) in [6, 6.07) is 5.09. The van der Waals surface area contributed by atoms with Crippen molar-refractivity contribution < 1.29 is 4.39 Å². The third-order valence-corrected chi connectivity index (χ3v) is 3.60.